The van der Waals surface area contributed by atoms with E-state index in [1.54, 1.807) is 54.4 Å². The Morgan fingerprint density at radius 1 is 0.811 bits per heavy atom. The Bertz CT molecular complexity index is 1360. The van der Waals surface area contributed by atoms with E-state index in [0.717, 1.165) is 17.7 Å². The maximum absolute atomic E-state index is 12.9. The summed E-state index contributed by atoms with van der Waals surface area (Å²) >= 11 is 5.34. The maximum atomic E-state index is 12.9. The lowest BCUT2D eigenvalue weighted by Crippen LogP contribution is -2.34. The van der Waals surface area contributed by atoms with E-state index < -0.39 is 0 Å². The largest absolute Gasteiger partial charge is 0.492 e. The third-order valence-corrected chi connectivity index (χ3v) is 5.89. The number of thiocarbonyl (C=S) groups is 1. The zero-order valence-corrected chi connectivity index (χ0v) is 21.2. The van der Waals surface area contributed by atoms with Crippen molar-refractivity contribution in [2.24, 2.45) is 0 Å². The van der Waals surface area contributed by atoms with Crippen LogP contribution in [0.5, 0.6) is 5.75 Å². The lowest BCUT2D eigenvalue weighted by molar-refractivity contribution is 0.0971. The average Bonchev–Trinajstić information content (AvgIpc) is 2.94. The van der Waals surface area contributed by atoms with Crippen LogP contribution in [0.2, 0.25) is 0 Å². The van der Waals surface area contributed by atoms with E-state index in [1.165, 1.54) is 0 Å². The van der Waals surface area contributed by atoms with Crippen molar-refractivity contribution in [1.29, 1.82) is 0 Å². The molecule has 0 aliphatic rings. The zero-order valence-electron chi connectivity index (χ0n) is 20.4. The van der Waals surface area contributed by atoms with Crippen molar-refractivity contribution in [3.63, 3.8) is 0 Å². The minimum atomic E-state index is -0.371. The number of carbonyl (C=O) groups is 2. The van der Waals surface area contributed by atoms with Crippen LogP contribution in [0.1, 0.15) is 26.3 Å². The summed E-state index contributed by atoms with van der Waals surface area (Å²) in [5.41, 5.74) is 3.55. The van der Waals surface area contributed by atoms with Crippen LogP contribution in [-0.4, -0.2) is 30.6 Å². The summed E-state index contributed by atoms with van der Waals surface area (Å²) in [6, 6.07) is 33.4. The van der Waals surface area contributed by atoms with Gasteiger partial charge in [0.05, 0.1) is 12.2 Å². The van der Waals surface area contributed by atoms with E-state index in [9.17, 15) is 9.59 Å². The third kappa shape index (κ3) is 7.02. The highest BCUT2D eigenvalue weighted by Crippen LogP contribution is 2.19. The predicted molar refractivity (Wildman–Crippen MR) is 151 cm³/mol. The van der Waals surface area contributed by atoms with Gasteiger partial charge in [0.15, 0.2) is 5.11 Å². The first-order valence-corrected chi connectivity index (χ1v) is 12.2. The van der Waals surface area contributed by atoms with Gasteiger partial charge >= 0.3 is 0 Å². The maximum Gasteiger partial charge on any atom is 0.261 e. The van der Waals surface area contributed by atoms with Gasteiger partial charge in [-0.15, -0.1) is 0 Å². The van der Waals surface area contributed by atoms with Crippen LogP contribution in [0.4, 0.5) is 11.4 Å². The van der Waals surface area contributed by atoms with Crippen molar-refractivity contribution in [2.75, 3.05) is 23.9 Å². The Morgan fingerprint density at radius 2 is 1.43 bits per heavy atom. The van der Waals surface area contributed by atoms with Gasteiger partial charge in [0.1, 0.15) is 5.75 Å². The Balaban J connectivity index is 1.32. The SMILES string of the molecule is CN(C(=O)c1ccc(NC(=S)NC(=O)c2ccccc2OCCc2ccccc2)cc1)c1ccccc1. The van der Waals surface area contributed by atoms with Gasteiger partial charge in [0, 0.05) is 30.4 Å². The molecule has 0 heterocycles. The molecule has 0 aromatic heterocycles. The minimum Gasteiger partial charge on any atom is -0.492 e. The van der Waals surface area contributed by atoms with Gasteiger partial charge in [-0.2, -0.15) is 0 Å². The fourth-order valence-electron chi connectivity index (χ4n) is 3.70. The molecule has 0 saturated carbocycles. The Labute approximate surface area is 221 Å². The molecule has 37 heavy (non-hydrogen) atoms. The van der Waals surface area contributed by atoms with Crippen LogP contribution in [0.25, 0.3) is 0 Å². The van der Waals surface area contributed by atoms with Crippen molar-refractivity contribution in [3.05, 3.63) is 126 Å². The van der Waals surface area contributed by atoms with E-state index in [1.807, 2.05) is 66.7 Å². The number of hydrogen-bond donors (Lipinski definition) is 2. The fourth-order valence-corrected chi connectivity index (χ4v) is 3.91. The summed E-state index contributed by atoms with van der Waals surface area (Å²) < 4.78 is 5.89. The van der Waals surface area contributed by atoms with Gasteiger partial charge in [-0.05, 0) is 66.3 Å². The number of ether oxygens (including phenoxy) is 1. The molecule has 4 aromatic rings. The summed E-state index contributed by atoms with van der Waals surface area (Å²) in [7, 11) is 1.73. The molecule has 0 fully saturated rings. The molecule has 6 nitrogen and oxygen atoms in total. The van der Waals surface area contributed by atoms with Gasteiger partial charge < -0.3 is 15.0 Å². The Hall–Kier alpha value is -4.49. The van der Waals surface area contributed by atoms with Crippen LogP contribution >= 0.6 is 12.2 Å². The molecule has 7 heteroatoms. The van der Waals surface area contributed by atoms with Crippen LogP contribution < -0.4 is 20.3 Å². The molecule has 0 atom stereocenters. The molecule has 2 N–H and O–H groups in total. The molecule has 0 radical (unpaired) electrons. The van der Waals surface area contributed by atoms with Gasteiger partial charge in [0.2, 0.25) is 0 Å². The number of nitrogens with zero attached hydrogens (tertiary/aromatic N) is 1. The van der Waals surface area contributed by atoms with Crippen molar-refractivity contribution < 1.29 is 14.3 Å². The van der Waals surface area contributed by atoms with Crippen molar-refractivity contribution >= 4 is 40.5 Å². The van der Waals surface area contributed by atoms with E-state index in [-0.39, 0.29) is 16.9 Å². The highest BCUT2D eigenvalue weighted by Gasteiger charge is 2.15. The molecule has 4 aromatic carbocycles. The molecule has 4 rings (SSSR count). The molecule has 0 aliphatic heterocycles. The Morgan fingerprint density at radius 3 is 2.14 bits per heavy atom. The highest BCUT2D eigenvalue weighted by atomic mass is 32.1. The lowest BCUT2D eigenvalue weighted by Gasteiger charge is -2.17. The van der Waals surface area contributed by atoms with Crippen LogP contribution in [0, 0.1) is 0 Å². The first kappa shape index (κ1) is 25.6. The molecule has 0 bridgehead atoms. The second kappa shape index (κ2) is 12.5. The molecule has 0 saturated heterocycles. The normalized spacial score (nSPS) is 10.3. The molecule has 0 aliphatic carbocycles. The number of anilines is 2. The second-order valence-corrected chi connectivity index (χ2v) is 8.67. The number of hydrogen-bond acceptors (Lipinski definition) is 4. The predicted octanol–water partition coefficient (Wildman–Crippen LogP) is 5.71. The fraction of sp³-hybridized carbons (Fsp3) is 0.100. The van der Waals surface area contributed by atoms with Gasteiger partial charge in [-0.1, -0.05) is 60.7 Å². The molecular formula is C30H27N3O3S. The molecule has 2 amide bonds. The monoisotopic (exact) mass is 509 g/mol. The first-order valence-electron chi connectivity index (χ1n) is 11.8. The average molecular weight is 510 g/mol. The zero-order chi connectivity index (χ0) is 26.0. The molecule has 186 valence electrons. The van der Waals surface area contributed by atoms with Crippen molar-refractivity contribution in [3.8, 4) is 5.75 Å². The number of para-hydroxylation sites is 2. The highest BCUT2D eigenvalue weighted by molar-refractivity contribution is 7.80. The Kier molecular flexibility index (Phi) is 8.62. The van der Waals surface area contributed by atoms with E-state index in [2.05, 4.69) is 10.6 Å². The van der Waals surface area contributed by atoms with E-state index in [0.29, 0.717) is 29.2 Å². The second-order valence-electron chi connectivity index (χ2n) is 8.27. The number of carbonyl (C=O) groups excluding carboxylic acids is 2. The van der Waals surface area contributed by atoms with Crippen molar-refractivity contribution in [2.45, 2.75) is 6.42 Å². The first-order chi connectivity index (χ1) is 18.0. The van der Waals surface area contributed by atoms with Gasteiger partial charge in [-0.3, -0.25) is 14.9 Å². The summed E-state index contributed by atoms with van der Waals surface area (Å²) in [5, 5.41) is 5.83. The smallest absolute Gasteiger partial charge is 0.261 e. The number of amides is 2. The molecular weight excluding hydrogens is 482 g/mol. The third-order valence-electron chi connectivity index (χ3n) is 5.69. The summed E-state index contributed by atoms with van der Waals surface area (Å²) in [4.78, 5) is 27.3. The van der Waals surface area contributed by atoms with Crippen LogP contribution in [0.3, 0.4) is 0 Å². The van der Waals surface area contributed by atoms with Gasteiger partial charge in [-0.25, -0.2) is 0 Å². The summed E-state index contributed by atoms with van der Waals surface area (Å²) in [5.74, 6) is -0.00859. The summed E-state index contributed by atoms with van der Waals surface area (Å²) in [6.45, 7) is 0.446. The number of nitrogens with one attached hydrogen (secondary N) is 2. The molecule has 0 spiro atoms. The topological polar surface area (TPSA) is 70.7 Å². The lowest BCUT2D eigenvalue weighted by atomic mass is 10.1. The van der Waals surface area contributed by atoms with Crippen molar-refractivity contribution in [1.82, 2.24) is 5.32 Å². The van der Waals surface area contributed by atoms with E-state index >= 15 is 0 Å². The number of benzene rings is 4. The van der Waals surface area contributed by atoms with E-state index in [4.69, 9.17) is 17.0 Å². The van der Waals surface area contributed by atoms with Crippen LogP contribution in [-0.2, 0) is 6.42 Å². The minimum absolute atomic E-state index is 0.127. The number of rotatable bonds is 8. The van der Waals surface area contributed by atoms with Crippen LogP contribution in [0.15, 0.2) is 109 Å². The summed E-state index contributed by atoms with van der Waals surface area (Å²) in [6.07, 6.45) is 0.733. The quantitative estimate of drug-likeness (QED) is 0.298. The standard InChI is InChI=1S/C30H27N3O3S/c1-33(25-12-6-3-7-13-25)29(35)23-16-18-24(19-17-23)31-30(37)32-28(34)26-14-8-9-15-27(26)36-21-20-22-10-4-2-5-11-22/h2-19H,20-21H2,1H3,(H2,31,32,34,37). The van der Waals surface area contributed by atoms with Gasteiger partial charge in [0.25, 0.3) is 11.8 Å². The molecule has 0 unspecified atom stereocenters.